The Morgan fingerprint density at radius 2 is 2.45 bits per heavy atom. The van der Waals surface area contributed by atoms with Gasteiger partial charge in [-0.05, 0) is 13.3 Å². The Hall–Kier alpha value is -1.06. The highest BCUT2D eigenvalue weighted by molar-refractivity contribution is 5.28. The number of nitrogens with two attached hydrogens (primary N) is 1. The van der Waals surface area contributed by atoms with Gasteiger partial charge in [0.05, 0.1) is 6.67 Å². The molecule has 0 bridgehead atoms. The molecule has 0 aliphatic heterocycles. The first-order chi connectivity index (χ1) is 5.24. The molecule has 62 valence electrons. The molecule has 1 heterocycles. The predicted molar refractivity (Wildman–Crippen MR) is 42.0 cm³/mol. The quantitative estimate of drug-likeness (QED) is 0.714. The maximum Gasteiger partial charge on any atom is 0.145 e. The van der Waals surface area contributed by atoms with Crippen LogP contribution >= 0.6 is 0 Å². The van der Waals surface area contributed by atoms with Gasteiger partial charge in [0.15, 0.2) is 0 Å². The lowest BCUT2D eigenvalue weighted by atomic mass is 10.4. The Bertz CT molecular complexity index is 232. The summed E-state index contributed by atoms with van der Waals surface area (Å²) >= 11 is 0. The Kier molecular flexibility index (Phi) is 2.46. The fourth-order valence-corrected chi connectivity index (χ4v) is 0.972. The average Bonchev–Trinajstić information content (AvgIpc) is 2.26. The topological polar surface area (TPSA) is 43.8 Å². The summed E-state index contributed by atoms with van der Waals surface area (Å²) in [5.41, 5.74) is 6.41. The molecule has 0 radical (unpaired) electrons. The van der Waals surface area contributed by atoms with E-state index in [9.17, 15) is 4.39 Å². The van der Waals surface area contributed by atoms with Gasteiger partial charge >= 0.3 is 0 Å². The number of nitrogens with zero attached hydrogens (tertiary/aromatic N) is 2. The van der Waals surface area contributed by atoms with Crippen molar-refractivity contribution < 1.29 is 4.39 Å². The molecule has 0 unspecified atom stereocenters. The Morgan fingerprint density at radius 3 is 2.91 bits per heavy atom. The van der Waals surface area contributed by atoms with Crippen LogP contribution in [-0.4, -0.2) is 16.5 Å². The number of hydrogen-bond donors (Lipinski definition) is 1. The molecule has 3 nitrogen and oxygen atoms in total. The maximum absolute atomic E-state index is 11.7. The van der Waals surface area contributed by atoms with Crippen molar-refractivity contribution in [3.63, 3.8) is 0 Å². The second-order valence-corrected chi connectivity index (χ2v) is 2.48. The molecule has 0 fully saturated rings. The molecule has 0 spiro atoms. The number of anilines is 1. The van der Waals surface area contributed by atoms with Gasteiger partial charge in [0.25, 0.3) is 0 Å². The summed E-state index contributed by atoms with van der Waals surface area (Å²) in [6.45, 7) is 2.21. The van der Waals surface area contributed by atoms with Gasteiger partial charge in [-0.3, -0.25) is 9.07 Å². The number of aromatic nitrogens is 2. The number of halogens is 1. The molecule has 0 aliphatic carbocycles. The van der Waals surface area contributed by atoms with Crippen LogP contribution in [0, 0.1) is 6.92 Å². The SMILES string of the molecule is Cc1cc(N)nn1CCCF. The third kappa shape index (κ3) is 1.93. The van der Waals surface area contributed by atoms with Crippen LogP contribution in [0.15, 0.2) is 6.07 Å². The first-order valence-electron chi connectivity index (χ1n) is 3.60. The molecule has 4 heteroatoms. The molecule has 1 rings (SSSR count). The second-order valence-electron chi connectivity index (χ2n) is 2.48. The standard InChI is InChI=1S/C7H12FN3/c1-6-5-7(9)10-11(6)4-2-3-8/h5H,2-4H2,1H3,(H2,9,10). The van der Waals surface area contributed by atoms with E-state index in [-0.39, 0.29) is 6.67 Å². The zero-order chi connectivity index (χ0) is 8.27. The fourth-order valence-electron chi connectivity index (χ4n) is 0.972. The van der Waals surface area contributed by atoms with Crippen molar-refractivity contribution in [3.05, 3.63) is 11.8 Å². The van der Waals surface area contributed by atoms with Crippen LogP contribution < -0.4 is 5.73 Å². The monoisotopic (exact) mass is 157 g/mol. The van der Waals surface area contributed by atoms with Crippen LogP contribution in [0.5, 0.6) is 0 Å². The van der Waals surface area contributed by atoms with E-state index in [1.807, 2.05) is 6.92 Å². The van der Waals surface area contributed by atoms with Crippen molar-refractivity contribution in [2.75, 3.05) is 12.4 Å². The van der Waals surface area contributed by atoms with E-state index in [1.165, 1.54) is 0 Å². The number of alkyl halides is 1. The van der Waals surface area contributed by atoms with Crippen molar-refractivity contribution in [2.45, 2.75) is 19.9 Å². The number of nitrogen functional groups attached to an aromatic ring is 1. The van der Waals surface area contributed by atoms with Gasteiger partial charge in [-0.15, -0.1) is 0 Å². The van der Waals surface area contributed by atoms with E-state index in [0.717, 1.165) is 5.69 Å². The largest absolute Gasteiger partial charge is 0.382 e. The van der Waals surface area contributed by atoms with Crippen molar-refractivity contribution in [1.82, 2.24) is 9.78 Å². The highest BCUT2D eigenvalue weighted by Crippen LogP contribution is 2.04. The molecule has 0 saturated heterocycles. The van der Waals surface area contributed by atoms with Crippen LogP contribution in [0.4, 0.5) is 10.2 Å². The van der Waals surface area contributed by atoms with Gasteiger partial charge in [-0.2, -0.15) is 5.10 Å². The fraction of sp³-hybridized carbons (Fsp3) is 0.571. The van der Waals surface area contributed by atoms with Gasteiger partial charge in [-0.25, -0.2) is 0 Å². The van der Waals surface area contributed by atoms with Gasteiger partial charge in [0, 0.05) is 18.3 Å². The van der Waals surface area contributed by atoms with Crippen molar-refractivity contribution in [1.29, 1.82) is 0 Å². The second kappa shape index (κ2) is 3.37. The Balaban J connectivity index is 2.62. The molecule has 0 aliphatic rings. The lowest BCUT2D eigenvalue weighted by molar-refractivity contribution is 0.432. The summed E-state index contributed by atoms with van der Waals surface area (Å²) in [5, 5.41) is 3.98. The molecule has 11 heavy (non-hydrogen) atoms. The van der Waals surface area contributed by atoms with E-state index in [2.05, 4.69) is 5.10 Å². The Labute approximate surface area is 65.0 Å². The minimum Gasteiger partial charge on any atom is -0.382 e. The van der Waals surface area contributed by atoms with Crippen molar-refractivity contribution in [3.8, 4) is 0 Å². The molecular formula is C7H12FN3. The molecule has 1 aromatic heterocycles. The van der Waals surface area contributed by atoms with E-state index in [0.29, 0.717) is 18.8 Å². The summed E-state index contributed by atoms with van der Waals surface area (Å²) in [6, 6.07) is 1.78. The van der Waals surface area contributed by atoms with Crippen molar-refractivity contribution >= 4 is 5.82 Å². The lowest BCUT2D eigenvalue weighted by Crippen LogP contribution is -2.03. The highest BCUT2D eigenvalue weighted by Gasteiger charge is 1.99. The Morgan fingerprint density at radius 1 is 1.73 bits per heavy atom. The molecule has 2 N–H and O–H groups in total. The van der Waals surface area contributed by atoms with E-state index >= 15 is 0 Å². The van der Waals surface area contributed by atoms with E-state index in [1.54, 1.807) is 10.7 Å². The van der Waals surface area contributed by atoms with Crippen LogP contribution in [-0.2, 0) is 6.54 Å². The van der Waals surface area contributed by atoms with Crippen LogP contribution in [0.1, 0.15) is 12.1 Å². The summed E-state index contributed by atoms with van der Waals surface area (Å²) < 4.78 is 13.5. The predicted octanol–water partition coefficient (Wildman–Crippen LogP) is 1.13. The third-order valence-corrected chi connectivity index (χ3v) is 1.50. The minimum absolute atomic E-state index is 0.306. The molecule has 0 aromatic carbocycles. The van der Waals surface area contributed by atoms with E-state index in [4.69, 9.17) is 5.73 Å². The van der Waals surface area contributed by atoms with Crippen LogP contribution in [0.3, 0.4) is 0 Å². The van der Waals surface area contributed by atoms with Gasteiger partial charge in [0.1, 0.15) is 5.82 Å². The number of rotatable bonds is 3. The van der Waals surface area contributed by atoms with Gasteiger partial charge < -0.3 is 5.73 Å². The highest BCUT2D eigenvalue weighted by atomic mass is 19.1. The summed E-state index contributed by atoms with van der Waals surface area (Å²) in [6.07, 6.45) is 0.502. The van der Waals surface area contributed by atoms with Crippen molar-refractivity contribution in [2.24, 2.45) is 0 Å². The number of hydrogen-bond acceptors (Lipinski definition) is 2. The molecule has 0 atom stereocenters. The summed E-state index contributed by atoms with van der Waals surface area (Å²) in [7, 11) is 0. The normalized spacial score (nSPS) is 10.4. The smallest absolute Gasteiger partial charge is 0.145 e. The third-order valence-electron chi connectivity index (χ3n) is 1.50. The average molecular weight is 157 g/mol. The van der Waals surface area contributed by atoms with Gasteiger partial charge in [-0.1, -0.05) is 0 Å². The van der Waals surface area contributed by atoms with Crippen LogP contribution in [0.2, 0.25) is 0 Å². The van der Waals surface area contributed by atoms with Crippen LogP contribution in [0.25, 0.3) is 0 Å². The molecule has 0 saturated carbocycles. The first kappa shape index (κ1) is 8.04. The van der Waals surface area contributed by atoms with Gasteiger partial charge in [0.2, 0.25) is 0 Å². The molecule has 1 aromatic rings. The zero-order valence-corrected chi connectivity index (χ0v) is 6.55. The molecular weight excluding hydrogens is 145 g/mol. The first-order valence-corrected chi connectivity index (χ1v) is 3.60. The molecule has 0 amide bonds. The zero-order valence-electron chi connectivity index (χ0n) is 6.55. The van der Waals surface area contributed by atoms with E-state index < -0.39 is 0 Å². The minimum atomic E-state index is -0.306. The number of aryl methyl sites for hydroxylation is 2. The summed E-state index contributed by atoms with van der Waals surface area (Å²) in [5.74, 6) is 0.501. The summed E-state index contributed by atoms with van der Waals surface area (Å²) in [4.78, 5) is 0. The maximum atomic E-state index is 11.7. The lowest BCUT2D eigenvalue weighted by Gasteiger charge is -1.99.